The van der Waals surface area contributed by atoms with Crippen LogP contribution in [-0.4, -0.2) is 32.8 Å². The topological polar surface area (TPSA) is 75.6 Å². The second kappa shape index (κ2) is 5.89. The molecule has 0 radical (unpaired) electrons. The van der Waals surface area contributed by atoms with Crippen molar-refractivity contribution in [1.82, 2.24) is 4.72 Å². The lowest BCUT2D eigenvalue weighted by atomic mass is 10.0. The van der Waals surface area contributed by atoms with Crippen LogP contribution in [0.3, 0.4) is 0 Å². The van der Waals surface area contributed by atoms with Gasteiger partial charge in [-0.3, -0.25) is 0 Å². The molecule has 0 amide bonds. The summed E-state index contributed by atoms with van der Waals surface area (Å²) in [6, 6.07) is 4.36. The van der Waals surface area contributed by atoms with Crippen LogP contribution in [0.25, 0.3) is 0 Å². The molecule has 0 aromatic heterocycles. The van der Waals surface area contributed by atoms with Gasteiger partial charge in [-0.15, -0.1) is 0 Å². The third kappa shape index (κ3) is 3.09. The molecule has 112 valence electrons. The minimum absolute atomic E-state index is 0.0316. The van der Waals surface area contributed by atoms with Gasteiger partial charge in [-0.05, 0) is 25.0 Å². The first-order valence-corrected chi connectivity index (χ1v) is 8.27. The number of halogens is 1. The Bertz CT molecular complexity index is 582. The zero-order valence-corrected chi connectivity index (χ0v) is 12.8. The summed E-state index contributed by atoms with van der Waals surface area (Å²) in [5.74, 6) is 0.191. The fourth-order valence-corrected chi connectivity index (χ4v) is 4.31. The lowest BCUT2D eigenvalue weighted by Crippen LogP contribution is -2.49. The SMILES string of the molecule is COc1cc(Cl)ccc1S(=O)(=O)NC1(CO)CCCC1. The summed E-state index contributed by atoms with van der Waals surface area (Å²) in [6.45, 7) is -0.206. The standard InChI is InChI=1S/C13H18ClNO4S/c1-19-11-8-10(14)4-5-12(11)20(17,18)15-13(9-16)6-2-3-7-13/h4-5,8,15-16H,2-3,6-7,9H2,1H3. The van der Waals surface area contributed by atoms with Crippen LogP contribution in [-0.2, 0) is 10.0 Å². The van der Waals surface area contributed by atoms with Crippen LogP contribution in [0.1, 0.15) is 25.7 Å². The first-order chi connectivity index (χ1) is 9.42. The van der Waals surface area contributed by atoms with Gasteiger partial charge in [0, 0.05) is 11.1 Å². The van der Waals surface area contributed by atoms with Gasteiger partial charge in [0.05, 0.1) is 19.3 Å². The number of aliphatic hydroxyl groups is 1. The number of benzene rings is 1. The number of ether oxygens (including phenoxy) is 1. The van der Waals surface area contributed by atoms with E-state index in [-0.39, 0.29) is 17.3 Å². The molecule has 0 saturated heterocycles. The second-order valence-corrected chi connectivity index (χ2v) is 7.13. The van der Waals surface area contributed by atoms with E-state index in [0.29, 0.717) is 17.9 Å². The van der Waals surface area contributed by atoms with E-state index in [4.69, 9.17) is 16.3 Å². The van der Waals surface area contributed by atoms with Crippen molar-refractivity contribution in [1.29, 1.82) is 0 Å². The maximum absolute atomic E-state index is 12.5. The molecule has 5 nitrogen and oxygen atoms in total. The van der Waals surface area contributed by atoms with Crippen LogP contribution in [0, 0.1) is 0 Å². The third-order valence-electron chi connectivity index (χ3n) is 3.63. The predicted molar refractivity (Wildman–Crippen MR) is 76.6 cm³/mol. The Hall–Kier alpha value is -0.820. The molecule has 2 rings (SSSR count). The van der Waals surface area contributed by atoms with Gasteiger partial charge in [0.2, 0.25) is 10.0 Å². The average molecular weight is 320 g/mol. The average Bonchev–Trinajstić information content (AvgIpc) is 2.86. The summed E-state index contributed by atoms with van der Waals surface area (Å²) in [6.07, 6.45) is 3.08. The zero-order valence-electron chi connectivity index (χ0n) is 11.2. The number of rotatable bonds is 5. The highest BCUT2D eigenvalue weighted by Crippen LogP contribution is 2.33. The van der Waals surface area contributed by atoms with Crippen LogP contribution in [0.4, 0.5) is 0 Å². The Morgan fingerprint density at radius 2 is 2.05 bits per heavy atom. The number of aliphatic hydroxyl groups excluding tert-OH is 1. The van der Waals surface area contributed by atoms with Crippen LogP contribution in [0.2, 0.25) is 5.02 Å². The molecule has 1 aliphatic rings. The maximum Gasteiger partial charge on any atom is 0.244 e. The monoisotopic (exact) mass is 319 g/mol. The molecule has 2 N–H and O–H groups in total. The summed E-state index contributed by atoms with van der Waals surface area (Å²) in [5, 5.41) is 9.92. The molecule has 0 aliphatic heterocycles. The molecule has 1 aromatic rings. The van der Waals surface area contributed by atoms with Gasteiger partial charge in [-0.2, -0.15) is 0 Å². The normalized spacial score (nSPS) is 18.1. The van der Waals surface area contributed by atoms with E-state index in [9.17, 15) is 13.5 Å². The summed E-state index contributed by atoms with van der Waals surface area (Å²) >= 11 is 5.84. The van der Waals surface area contributed by atoms with E-state index in [2.05, 4.69) is 4.72 Å². The smallest absolute Gasteiger partial charge is 0.244 e. The van der Waals surface area contributed by atoms with E-state index < -0.39 is 15.6 Å². The van der Waals surface area contributed by atoms with Crippen molar-refractivity contribution >= 4 is 21.6 Å². The first kappa shape index (κ1) is 15.6. The second-order valence-electron chi connectivity index (χ2n) is 5.05. The van der Waals surface area contributed by atoms with Gasteiger partial charge >= 0.3 is 0 Å². The molecule has 0 unspecified atom stereocenters. The zero-order chi connectivity index (χ0) is 14.8. The van der Waals surface area contributed by atoms with Crippen molar-refractivity contribution in [2.45, 2.75) is 36.1 Å². The lowest BCUT2D eigenvalue weighted by molar-refractivity contribution is 0.185. The number of hydrogen-bond donors (Lipinski definition) is 2. The van der Waals surface area contributed by atoms with E-state index in [1.807, 2.05) is 0 Å². The summed E-state index contributed by atoms with van der Waals surface area (Å²) in [7, 11) is -2.38. The van der Waals surface area contributed by atoms with E-state index >= 15 is 0 Å². The quantitative estimate of drug-likeness (QED) is 0.869. The van der Waals surface area contributed by atoms with Crippen LogP contribution >= 0.6 is 11.6 Å². The van der Waals surface area contributed by atoms with Crippen LogP contribution in [0.5, 0.6) is 5.75 Å². The molecule has 1 aliphatic carbocycles. The molecule has 1 saturated carbocycles. The van der Waals surface area contributed by atoms with Gasteiger partial charge in [0.15, 0.2) is 0 Å². The fraction of sp³-hybridized carbons (Fsp3) is 0.538. The fourth-order valence-electron chi connectivity index (χ4n) is 2.55. The van der Waals surface area contributed by atoms with Crippen LogP contribution < -0.4 is 9.46 Å². The molecular weight excluding hydrogens is 302 g/mol. The van der Waals surface area contributed by atoms with E-state index in [1.54, 1.807) is 0 Å². The Labute approximate surface area is 124 Å². The number of hydrogen-bond acceptors (Lipinski definition) is 4. The molecule has 0 heterocycles. The highest BCUT2D eigenvalue weighted by Gasteiger charge is 2.38. The highest BCUT2D eigenvalue weighted by atomic mass is 35.5. The summed E-state index contributed by atoms with van der Waals surface area (Å²) in [4.78, 5) is 0.0316. The number of methoxy groups -OCH3 is 1. The Morgan fingerprint density at radius 1 is 1.40 bits per heavy atom. The number of nitrogens with one attached hydrogen (secondary N) is 1. The molecule has 0 spiro atoms. The Kier molecular flexibility index (Phi) is 4.59. The van der Waals surface area contributed by atoms with E-state index in [1.165, 1.54) is 25.3 Å². The molecular formula is C13H18ClNO4S. The molecule has 7 heteroatoms. The predicted octanol–water partition coefficient (Wildman–Crippen LogP) is 1.93. The van der Waals surface area contributed by atoms with Gasteiger partial charge in [0.25, 0.3) is 0 Å². The maximum atomic E-state index is 12.5. The largest absolute Gasteiger partial charge is 0.495 e. The number of sulfonamides is 1. The first-order valence-electron chi connectivity index (χ1n) is 6.41. The minimum atomic E-state index is -3.77. The molecule has 1 fully saturated rings. The molecule has 0 atom stereocenters. The van der Waals surface area contributed by atoms with Crippen molar-refractivity contribution in [3.63, 3.8) is 0 Å². The lowest BCUT2D eigenvalue weighted by Gasteiger charge is -2.27. The minimum Gasteiger partial charge on any atom is -0.495 e. The Morgan fingerprint density at radius 3 is 2.60 bits per heavy atom. The van der Waals surface area contributed by atoms with Crippen LogP contribution in [0.15, 0.2) is 23.1 Å². The van der Waals surface area contributed by atoms with Gasteiger partial charge in [0.1, 0.15) is 10.6 Å². The molecule has 20 heavy (non-hydrogen) atoms. The van der Waals surface area contributed by atoms with E-state index in [0.717, 1.165) is 12.8 Å². The van der Waals surface area contributed by atoms with Gasteiger partial charge in [-0.1, -0.05) is 24.4 Å². The van der Waals surface area contributed by atoms with Crippen molar-refractivity contribution in [2.24, 2.45) is 0 Å². The van der Waals surface area contributed by atoms with Crippen molar-refractivity contribution < 1.29 is 18.3 Å². The summed E-state index contributed by atoms with van der Waals surface area (Å²) < 4.78 is 32.7. The van der Waals surface area contributed by atoms with Gasteiger partial charge in [-0.25, -0.2) is 13.1 Å². The summed E-state index contributed by atoms with van der Waals surface area (Å²) in [5.41, 5.74) is -0.760. The van der Waals surface area contributed by atoms with Crippen molar-refractivity contribution in [2.75, 3.05) is 13.7 Å². The Balaban J connectivity index is 2.35. The molecule has 0 bridgehead atoms. The van der Waals surface area contributed by atoms with Crippen molar-refractivity contribution in [3.8, 4) is 5.75 Å². The highest BCUT2D eigenvalue weighted by molar-refractivity contribution is 7.89. The molecule has 1 aromatic carbocycles. The third-order valence-corrected chi connectivity index (χ3v) is 5.48. The van der Waals surface area contributed by atoms with Gasteiger partial charge < -0.3 is 9.84 Å². The van der Waals surface area contributed by atoms with Crippen molar-refractivity contribution in [3.05, 3.63) is 23.2 Å².